The topological polar surface area (TPSA) is 57.5 Å². The molecule has 0 radical (unpaired) electrons. The third-order valence-electron chi connectivity index (χ3n) is 12.0. The van der Waals surface area contributed by atoms with Crippen LogP contribution < -0.4 is 0 Å². The third-order valence-corrected chi connectivity index (χ3v) is 12.0. The number of aliphatic carboxylic acids is 1. The maximum absolute atomic E-state index is 11.1. The zero-order valence-corrected chi connectivity index (χ0v) is 22.2. The molecule has 3 nitrogen and oxygen atoms in total. The molecule has 4 rings (SSSR count). The Balaban J connectivity index is 1.58. The molecular formula is C30H48O3. The van der Waals surface area contributed by atoms with Crippen molar-refractivity contribution in [3.8, 4) is 0 Å². The largest absolute Gasteiger partial charge is 0.478 e. The fraction of sp³-hybridized carbons (Fsp3) is 0.833. The molecule has 186 valence electrons. The van der Waals surface area contributed by atoms with Gasteiger partial charge < -0.3 is 10.2 Å². The molecule has 2 N–H and O–H groups in total. The van der Waals surface area contributed by atoms with Gasteiger partial charge in [0.2, 0.25) is 0 Å². The molecule has 0 amide bonds. The van der Waals surface area contributed by atoms with Gasteiger partial charge >= 0.3 is 5.97 Å². The summed E-state index contributed by atoms with van der Waals surface area (Å²) in [6.07, 6.45) is 14.7. The summed E-state index contributed by atoms with van der Waals surface area (Å²) in [5.74, 6) is 1.89. The van der Waals surface area contributed by atoms with Crippen LogP contribution in [0.25, 0.3) is 0 Å². The average Bonchev–Trinajstić information content (AvgIpc) is 3.02. The van der Waals surface area contributed by atoms with E-state index in [2.05, 4.69) is 47.6 Å². The molecule has 4 aliphatic carbocycles. The maximum Gasteiger partial charge on any atom is 0.330 e. The Morgan fingerprint density at radius 3 is 2.45 bits per heavy atom. The van der Waals surface area contributed by atoms with Crippen LogP contribution in [0.3, 0.4) is 0 Å². The second kappa shape index (κ2) is 8.25. The van der Waals surface area contributed by atoms with Crippen LogP contribution in [0.2, 0.25) is 0 Å². The van der Waals surface area contributed by atoms with Gasteiger partial charge in [0.15, 0.2) is 0 Å². The summed E-state index contributed by atoms with van der Waals surface area (Å²) in [5.41, 5.74) is 2.99. The molecule has 0 heterocycles. The summed E-state index contributed by atoms with van der Waals surface area (Å²) in [6, 6.07) is 0. The quantitative estimate of drug-likeness (QED) is 0.335. The Bertz CT molecular complexity index is 853. The maximum atomic E-state index is 11.1. The second-order valence-corrected chi connectivity index (χ2v) is 13.5. The fourth-order valence-corrected chi connectivity index (χ4v) is 9.48. The summed E-state index contributed by atoms with van der Waals surface area (Å²) in [7, 11) is 0. The van der Waals surface area contributed by atoms with Crippen molar-refractivity contribution in [1.29, 1.82) is 0 Å². The van der Waals surface area contributed by atoms with Gasteiger partial charge in [-0.25, -0.2) is 4.79 Å². The second-order valence-electron chi connectivity index (χ2n) is 13.5. The van der Waals surface area contributed by atoms with Crippen molar-refractivity contribution >= 4 is 5.97 Å². The van der Waals surface area contributed by atoms with Crippen molar-refractivity contribution in [2.24, 2.45) is 45.3 Å². The molecule has 8 atom stereocenters. The van der Waals surface area contributed by atoms with Crippen molar-refractivity contribution < 1.29 is 15.0 Å². The van der Waals surface area contributed by atoms with E-state index in [0.29, 0.717) is 33.7 Å². The van der Waals surface area contributed by atoms with Gasteiger partial charge in [-0.2, -0.15) is 0 Å². The van der Waals surface area contributed by atoms with Crippen molar-refractivity contribution in [3.05, 3.63) is 23.3 Å². The van der Waals surface area contributed by atoms with Crippen molar-refractivity contribution in [3.63, 3.8) is 0 Å². The molecule has 3 fully saturated rings. The Morgan fingerprint density at radius 2 is 1.79 bits per heavy atom. The molecule has 3 saturated carbocycles. The Labute approximate surface area is 202 Å². The number of allylic oxidation sites excluding steroid dienone is 2. The highest BCUT2D eigenvalue weighted by Gasteiger charge is 2.67. The number of aliphatic hydroxyl groups is 1. The molecule has 33 heavy (non-hydrogen) atoms. The van der Waals surface area contributed by atoms with Gasteiger partial charge in [0, 0.05) is 11.0 Å². The zero-order valence-electron chi connectivity index (χ0n) is 22.2. The third kappa shape index (κ3) is 3.58. The Kier molecular flexibility index (Phi) is 6.25. The first-order valence-corrected chi connectivity index (χ1v) is 13.6. The predicted octanol–water partition coefficient (Wildman–Crippen LogP) is 7.40. The van der Waals surface area contributed by atoms with Crippen LogP contribution in [0.1, 0.15) is 106 Å². The normalized spacial score (nSPS) is 45.5. The number of carboxylic acids is 1. The molecule has 0 aliphatic heterocycles. The lowest BCUT2D eigenvalue weighted by atomic mass is 9.39. The smallest absolute Gasteiger partial charge is 0.330 e. The summed E-state index contributed by atoms with van der Waals surface area (Å²) < 4.78 is 0. The number of fused-ring (bicyclic) bond motifs is 5. The molecule has 0 aromatic carbocycles. The van der Waals surface area contributed by atoms with E-state index in [-0.39, 0.29) is 11.5 Å². The predicted molar refractivity (Wildman–Crippen MR) is 135 cm³/mol. The van der Waals surface area contributed by atoms with E-state index >= 15 is 0 Å². The van der Waals surface area contributed by atoms with Gasteiger partial charge in [0.05, 0.1) is 6.10 Å². The first-order chi connectivity index (χ1) is 15.3. The highest BCUT2D eigenvalue weighted by molar-refractivity contribution is 5.85. The number of carbonyl (C=O) groups is 1. The van der Waals surface area contributed by atoms with Crippen LogP contribution in [0.15, 0.2) is 23.3 Å². The van der Waals surface area contributed by atoms with E-state index in [0.717, 1.165) is 37.5 Å². The van der Waals surface area contributed by atoms with Crippen molar-refractivity contribution in [1.82, 2.24) is 0 Å². The standard InChI is InChI=1S/C30H48O3/c1-19(9-8-10-20(2)26(32)33)21-15-16-30(7)24-13-11-22-23(12-14-25(31)27(22,3)4)28(24,5)17-18-29(21,30)6/h10-11,19,21,23-25,31H,8-9,12-18H2,1-7H3,(H,32,33)/t19-,21-,23+,24-,25+,28+,29-,30+/m1/s1. The van der Waals surface area contributed by atoms with Crippen LogP contribution >= 0.6 is 0 Å². The lowest BCUT2D eigenvalue weighted by molar-refractivity contribution is -0.145. The minimum absolute atomic E-state index is 0.0904. The van der Waals surface area contributed by atoms with Crippen LogP contribution in [-0.4, -0.2) is 22.3 Å². The number of aliphatic hydroxyl groups excluding tert-OH is 1. The van der Waals surface area contributed by atoms with Gasteiger partial charge in [0.1, 0.15) is 0 Å². The highest BCUT2D eigenvalue weighted by Crippen LogP contribution is 2.74. The van der Waals surface area contributed by atoms with Crippen LogP contribution in [-0.2, 0) is 4.79 Å². The van der Waals surface area contributed by atoms with Gasteiger partial charge in [-0.05, 0) is 105 Å². The monoisotopic (exact) mass is 456 g/mol. The van der Waals surface area contributed by atoms with Crippen LogP contribution in [0, 0.1) is 45.3 Å². The van der Waals surface area contributed by atoms with E-state index in [4.69, 9.17) is 5.11 Å². The number of hydrogen-bond acceptors (Lipinski definition) is 2. The highest BCUT2D eigenvalue weighted by atomic mass is 16.4. The van der Waals surface area contributed by atoms with E-state index in [1.807, 2.05) is 6.08 Å². The summed E-state index contributed by atoms with van der Waals surface area (Å²) >= 11 is 0. The van der Waals surface area contributed by atoms with E-state index < -0.39 is 5.97 Å². The molecular weight excluding hydrogens is 408 g/mol. The summed E-state index contributed by atoms with van der Waals surface area (Å²) in [4.78, 5) is 11.1. The van der Waals surface area contributed by atoms with Crippen LogP contribution in [0.4, 0.5) is 0 Å². The fourth-order valence-electron chi connectivity index (χ4n) is 9.48. The van der Waals surface area contributed by atoms with Crippen LogP contribution in [0.5, 0.6) is 0 Å². The number of rotatable bonds is 5. The van der Waals surface area contributed by atoms with Gasteiger partial charge in [0.25, 0.3) is 0 Å². The van der Waals surface area contributed by atoms with E-state index in [1.165, 1.54) is 32.1 Å². The van der Waals surface area contributed by atoms with E-state index in [9.17, 15) is 9.90 Å². The molecule has 0 saturated heterocycles. The minimum Gasteiger partial charge on any atom is -0.478 e. The number of hydrogen-bond donors (Lipinski definition) is 2. The lowest BCUT2D eigenvalue weighted by Crippen LogP contribution is -2.59. The molecule has 3 heteroatoms. The molecule has 0 aromatic rings. The number of carboxylic acid groups (broad SMARTS) is 1. The van der Waals surface area contributed by atoms with E-state index in [1.54, 1.807) is 12.5 Å². The lowest BCUT2D eigenvalue weighted by Gasteiger charge is -2.66. The molecule has 0 unspecified atom stereocenters. The average molecular weight is 457 g/mol. The summed E-state index contributed by atoms with van der Waals surface area (Å²) in [5, 5.41) is 19.9. The molecule has 0 aromatic heterocycles. The Morgan fingerprint density at radius 1 is 1.09 bits per heavy atom. The molecule has 0 spiro atoms. The molecule has 0 bridgehead atoms. The first-order valence-electron chi connectivity index (χ1n) is 13.6. The van der Waals surface area contributed by atoms with Gasteiger partial charge in [-0.15, -0.1) is 0 Å². The summed E-state index contributed by atoms with van der Waals surface area (Å²) in [6.45, 7) is 16.5. The van der Waals surface area contributed by atoms with Crippen molar-refractivity contribution in [2.75, 3.05) is 0 Å². The van der Waals surface area contributed by atoms with Gasteiger partial charge in [-0.1, -0.05) is 59.3 Å². The van der Waals surface area contributed by atoms with Gasteiger partial charge in [-0.3, -0.25) is 0 Å². The zero-order chi connectivity index (χ0) is 24.4. The molecule has 4 aliphatic rings. The van der Waals surface area contributed by atoms with Crippen molar-refractivity contribution in [2.45, 2.75) is 112 Å². The Hall–Kier alpha value is -1.09. The first kappa shape index (κ1) is 25.0. The SMILES string of the molecule is CC(=CCC[C@@H](C)[C@H]1CC[C@@]2(C)[C@@H]3CC=C4[C@H](CC[C@H](O)C4(C)C)[C@]3(C)CC[C@]12C)C(=O)O. The minimum atomic E-state index is -0.794.